The van der Waals surface area contributed by atoms with E-state index in [1.165, 1.54) is 7.11 Å². The largest absolute Gasteiger partial charge is 0.496 e. The highest BCUT2D eigenvalue weighted by Gasteiger charge is 2.15. The second-order valence-corrected chi connectivity index (χ2v) is 3.69. The molecule has 1 rings (SSSR count). The number of hydrogen-bond donors (Lipinski definition) is 1. The van der Waals surface area contributed by atoms with Gasteiger partial charge in [0, 0.05) is 4.47 Å². The second-order valence-electron chi connectivity index (χ2n) is 2.90. The van der Waals surface area contributed by atoms with Crippen LogP contribution in [-0.4, -0.2) is 19.4 Å². The molecule has 0 saturated carbocycles. The summed E-state index contributed by atoms with van der Waals surface area (Å²) >= 11 is 3.36. The van der Waals surface area contributed by atoms with E-state index in [2.05, 4.69) is 15.9 Å². The fraction of sp³-hybridized carbons (Fsp3) is 0.300. The topological polar surface area (TPSA) is 52.3 Å². The molecule has 0 aromatic heterocycles. The first-order valence-corrected chi connectivity index (χ1v) is 4.97. The number of carbonyl (C=O) groups excluding carboxylic acids is 1. The summed E-state index contributed by atoms with van der Waals surface area (Å²) in [5, 5.41) is 0. The number of nitrogens with two attached hydrogens (primary N) is 1. The van der Waals surface area contributed by atoms with Gasteiger partial charge < -0.3 is 10.5 Å². The summed E-state index contributed by atoms with van der Waals surface area (Å²) in [6.07, 6.45) is 0. The van der Waals surface area contributed by atoms with Crippen LogP contribution in [0.4, 0.5) is 0 Å². The zero-order valence-corrected chi connectivity index (χ0v) is 9.72. The Labute approximate surface area is 91.4 Å². The molecule has 0 unspecified atom stereocenters. The number of methoxy groups -OCH3 is 1. The summed E-state index contributed by atoms with van der Waals surface area (Å²) < 4.78 is 5.85. The summed E-state index contributed by atoms with van der Waals surface area (Å²) in [5.74, 6) is 0.426. The van der Waals surface area contributed by atoms with Gasteiger partial charge in [0.05, 0.1) is 19.2 Å². The van der Waals surface area contributed by atoms with Crippen LogP contribution < -0.4 is 10.5 Å². The van der Waals surface area contributed by atoms with E-state index >= 15 is 0 Å². The zero-order valence-electron chi connectivity index (χ0n) is 8.13. The van der Waals surface area contributed by atoms with Crippen molar-refractivity contribution in [3.63, 3.8) is 0 Å². The van der Waals surface area contributed by atoms with Crippen LogP contribution in [0.5, 0.6) is 5.75 Å². The maximum Gasteiger partial charge on any atom is 0.181 e. The Morgan fingerprint density at radius 1 is 1.57 bits per heavy atom. The van der Waals surface area contributed by atoms with Crippen LogP contribution in [0.25, 0.3) is 0 Å². The van der Waals surface area contributed by atoms with Gasteiger partial charge in [-0.3, -0.25) is 4.79 Å². The van der Waals surface area contributed by atoms with Crippen molar-refractivity contribution in [2.75, 3.05) is 13.7 Å². The smallest absolute Gasteiger partial charge is 0.181 e. The average molecular weight is 258 g/mol. The Hall–Kier alpha value is -0.870. The highest BCUT2D eigenvalue weighted by atomic mass is 79.9. The molecule has 0 aliphatic carbocycles. The van der Waals surface area contributed by atoms with Crippen molar-refractivity contribution in [1.29, 1.82) is 0 Å². The van der Waals surface area contributed by atoms with Crippen molar-refractivity contribution >= 4 is 21.7 Å². The van der Waals surface area contributed by atoms with Crippen LogP contribution in [0, 0.1) is 6.92 Å². The molecule has 0 saturated heterocycles. The molecule has 14 heavy (non-hydrogen) atoms. The van der Waals surface area contributed by atoms with Crippen molar-refractivity contribution in [3.8, 4) is 5.75 Å². The molecule has 0 aliphatic rings. The van der Waals surface area contributed by atoms with Crippen LogP contribution >= 0.6 is 15.9 Å². The number of ketones is 1. The third-order valence-corrected chi connectivity index (χ3v) is 3.00. The van der Waals surface area contributed by atoms with Gasteiger partial charge in [0.15, 0.2) is 5.78 Å². The summed E-state index contributed by atoms with van der Waals surface area (Å²) in [6, 6.07) is 3.65. The summed E-state index contributed by atoms with van der Waals surface area (Å²) in [5.41, 5.74) is 6.83. The van der Waals surface area contributed by atoms with Crippen LogP contribution in [0.15, 0.2) is 16.6 Å². The lowest BCUT2D eigenvalue weighted by Gasteiger charge is -2.10. The Morgan fingerprint density at radius 2 is 2.21 bits per heavy atom. The highest BCUT2D eigenvalue weighted by Crippen LogP contribution is 2.29. The normalized spacial score (nSPS) is 10.0. The van der Waals surface area contributed by atoms with Gasteiger partial charge in [-0.2, -0.15) is 0 Å². The Bertz CT molecular complexity index is 363. The van der Waals surface area contributed by atoms with E-state index in [1.807, 2.05) is 13.0 Å². The summed E-state index contributed by atoms with van der Waals surface area (Å²) in [4.78, 5) is 11.5. The molecule has 76 valence electrons. The van der Waals surface area contributed by atoms with E-state index < -0.39 is 0 Å². The molecule has 2 N–H and O–H groups in total. The molecule has 3 nitrogen and oxygen atoms in total. The van der Waals surface area contributed by atoms with Crippen LogP contribution in [-0.2, 0) is 0 Å². The van der Waals surface area contributed by atoms with Gasteiger partial charge in [-0.05, 0) is 34.5 Å². The summed E-state index contributed by atoms with van der Waals surface area (Å²) in [7, 11) is 1.53. The minimum atomic E-state index is -0.127. The molecule has 0 fully saturated rings. The van der Waals surface area contributed by atoms with Crippen LogP contribution in [0.3, 0.4) is 0 Å². The first-order valence-electron chi connectivity index (χ1n) is 4.18. The standard InChI is InChI=1S/C10H12BrNO2/c1-6-3-4-8(14-2)9(10(6)11)7(13)5-12/h3-4H,5,12H2,1-2H3. The fourth-order valence-corrected chi connectivity index (χ4v) is 1.74. The Balaban J connectivity index is 3.35. The van der Waals surface area contributed by atoms with E-state index in [9.17, 15) is 4.79 Å². The molecule has 0 radical (unpaired) electrons. The zero-order chi connectivity index (χ0) is 10.7. The molecule has 1 aromatic rings. The maximum absolute atomic E-state index is 11.5. The lowest BCUT2D eigenvalue weighted by atomic mass is 10.1. The maximum atomic E-state index is 11.5. The van der Waals surface area contributed by atoms with E-state index in [4.69, 9.17) is 10.5 Å². The molecule has 0 atom stereocenters. The van der Waals surface area contributed by atoms with Gasteiger partial charge in [-0.15, -0.1) is 0 Å². The number of halogens is 1. The van der Waals surface area contributed by atoms with Crippen molar-refractivity contribution < 1.29 is 9.53 Å². The molecule has 0 heterocycles. The molecule has 0 aliphatic heterocycles. The van der Waals surface area contributed by atoms with Crippen LogP contribution in [0.2, 0.25) is 0 Å². The Kier molecular flexibility index (Phi) is 3.66. The van der Waals surface area contributed by atoms with Gasteiger partial charge in [0.25, 0.3) is 0 Å². The first-order chi connectivity index (χ1) is 6.61. The lowest BCUT2D eigenvalue weighted by Crippen LogP contribution is -2.15. The fourth-order valence-electron chi connectivity index (χ4n) is 1.19. The van der Waals surface area contributed by atoms with E-state index in [0.29, 0.717) is 11.3 Å². The summed E-state index contributed by atoms with van der Waals surface area (Å²) in [6.45, 7) is 1.90. The molecular weight excluding hydrogens is 246 g/mol. The SMILES string of the molecule is COc1ccc(C)c(Br)c1C(=O)CN. The molecule has 0 bridgehead atoms. The third kappa shape index (κ3) is 1.96. The van der Waals surface area contributed by atoms with Crippen molar-refractivity contribution in [2.45, 2.75) is 6.92 Å². The minimum Gasteiger partial charge on any atom is -0.496 e. The molecule has 0 amide bonds. The van der Waals surface area contributed by atoms with Crippen molar-refractivity contribution in [3.05, 3.63) is 27.7 Å². The van der Waals surface area contributed by atoms with Crippen molar-refractivity contribution in [2.24, 2.45) is 5.73 Å². The number of Topliss-reactive ketones (excluding diaryl/α,β-unsaturated/α-hetero) is 1. The number of hydrogen-bond acceptors (Lipinski definition) is 3. The molecule has 1 aromatic carbocycles. The van der Waals surface area contributed by atoms with Crippen molar-refractivity contribution in [1.82, 2.24) is 0 Å². The number of aryl methyl sites for hydroxylation is 1. The Morgan fingerprint density at radius 3 is 2.71 bits per heavy atom. The number of rotatable bonds is 3. The minimum absolute atomic E-state index is 0.0155. The third-order valence-electron chi connectivity index (χ3n) is 1.98. The van der Waals surface area contributed by atoms with Gasteiger partial charge in [0.2, 0.25) is 0 Å². The predicted octanol–water partition coefficient (Wildman–Crippen LogP) is 1.91. The van der Waals surface area contributed by atoms with Crippen LogP contribution in [0.1, 0.15) is 15.9 Å². The van der Waals surface area contributed by atoms with E-state index in [1.54, 1.807) is 6.07 Å². The second kappa shape index (κ2) is 4.57. The van der Waals surface area contributed by atoms with Gasteiger partial charge >= 0.3 is 0 Å². The monoisotopic (exact) mass is 257 g/mol. The van der Waals surface area contributed by atoms with E-state index in [-0.39, 0.29) is 12.3 Å². The quantitative estimate of drug-likeness (QED) is 0.842. The van der Waals surface area contributed by atoms with Gasteiger partial charge in [-0.25, -0.2) is 0 Å². The van der Waals surface area contributed by atoms with E-state index in [0.717, 1.165) is 10.0 Å². The molecular formula is C10H12BrNO2. The number of carbonyl (C=O) groups is 1. The van der Waals surface area contributed by atoms with Gasteiger partial charge in [-0.1, -0.05) is 6.07 Å². The number of ether oxygens (including phenoxy) is 1. The van der Waals surface area contributed by atoms with Gasteiger partial charge in [0.1, 0.15) is 5.75 Å². The lowest BCUT2D eigenvalue weighted by molar-refractivity contribution is 0.0997. The first kappa shape index (κ1) is 11.2. The molecule has 4 heteroatoms. The predicted molar refractivity (Wildman–Crippen MR) is 58.8 cm³/mol. The molecule has 0 spiro atoms. The number of benzene rings is 1. The average Bonchev–Trinajstić information content (AvgIpc) is 2.20. The highest BCUT2D eigenvalue weighted by molar-refractivity contribution is 9.10.